The quantitative estimate of drug-likeness (QED) is 0.727. The monoisotopic (exact) mass is 218 g/mol. The van der Waals surface area contributed by atoms with Crippen molar-refractivity contribution >= 4 is 17.4 Å². The maximum atomic E-state index is 11.9. The van der Waals surface area contributed by atoms with Gasteiger partial charge in [-0.15, -0.1) is 0 Å². The number of ketones is 1. The van der Waals surface area contributed by atoms with Crippen LogP contribution in [0, 0.1) is 0 Å². The van der Waals surface area contributed by atoms with E-state index in [0.717, 1.165) is 0 Å². The van der Waals surface area contributed by atoms with E-state index < -0.39 is 0 Å². The third-order valence-corrected chi connectivity index (χ3v) is 2.27. The van der Waals surface area contributed by atoms with E-state index in [1.165, 1.54) is 18.7 Å². The maximum absolute atomic E-state index is 11.9. The van der Waals surface area contributed by atoms with Gasteiger partial charge in [0.25, 0.3) is 0 Å². The van der Waals surface area contributed by atoms with E-state index in [-0.39, 0.29) is 5.78 Å². The Labute approximate surface area is 91.8 Å². The number of halogens is 1. The Balaban J connectivity index is 2.42. The number of benzene rings is 1. The molecular formula is C11H7ClN2O. The van der Waals surface area contributed by atoms with E-state index in [1.54, 1.807) is 24.3 Å². The molecule has 0 radical (unpaired) electrons. The number of rotatable bonds is 2. The zero-order valence-electron chi connectivity index (χ0n) is 7.72. The lowest BCUT2D eigenvalue weighted by Gasteiger charge is -2.01. The molecule has 3 nitrogen and oxygen atoms in total. The van der Waals surface area contributed by atoms with Crippen molar-refractivity contribution < 1.29 is 4.79 Å². The van der Waals surface area contributed by atoms with Crippen LogP contribution in [-0.2, 0) is 0 Å². The first-order valence-electron chi connectivity index (χ1n) is 4.33. The van der Waals surface area contributed by atoms with Crippen molar-refractivity contribution in [3.05, 3.63) is 59.1 Å². The van der Waals surface area contributed by atoms with E-state index in [2.05, 4.69) is 9.97 Å². The van der Waals surface area contributed by atoms with Crippen molar-refractivity contribution in [1.82, 2.24) is 9.97 Å². The number of carbonyl (C=O) groups excluding carboxylic acids is 1. The summed E-state index contributed by atoms with van der Waals surface area (Å²) in [5.74, 6) is -0.166. The van der Waals surface area contributed by atoms with Gasteiger partial charge in [-0.2, -0.15) is 0 Å². The minimum atomic E-state index is -0.166. The molecule has 0 unspecified atom stereocenters. The van der Waals surface area contributed by atoms with E-state index >= 15 is 0 Å². The summed E-state index contributed by atoms with van der Waals surface area (Å²) in [7, 11) is 0. The zero-order valence-corrected chi connectivity index (χ0v) is 8.48. The number of nitrogens with zero attached hydrogens (tertiary/aromatic N) is 2. The van der Waals surface area contributed by atoms with Crippen LogP contribution >= 0.6 is 11.6 Å². The molecule has 1 heterocycles. The molecule has 4 heteroatoms. The Bertz CT molecular complexity index is 485. The normalized spacial score (nSPS) is 9.93. The fourth-order valence-corrected chi connectivity index (χ4v) is 1.44. The van der Waals surface area contributed by atoms with Gasteiger partial charge in [-0.05, 0) is 12.1 Å². The number of aromatic nitrogens is 2. The van der Waals surface area contributed by atoms with Crippen LogP contribution in [0.1, 0.15) is 15.9 Å². The lowest BCUT2D eigenvalue weighted by Crippen LogP contribution is -2.02. The van der Waals surface area contributed by atoms with Crippen LogP contribution in [0.5, 0.6) is 0 Å². The largest absolute Gasteiger partial charge is 0.288 e. The molecule has 0 amide bonds. The van der Waals surface area contributed by atoms with Gasteiger partial charge in [0.2, 0.25) is 0 Å². The second kappa shape index (κ2) is 4.19. The fourth-order valence-electron chi connectivity index (χ4n) is 1.22. The molecule has 0 aliphatic carbocycles. The second-order valence-corrected chi connectivity index (χ2v) is 3.34. The Hall–Kier alpha value is -1.74. The summed E-state index contributed by atoms with van der Waals surface area (Å²) in [6, 6.07) is 6.90. The molecule has 0 bridgehead atoms. The van der Waals surface area contributed by atoms with Crippen molar-refractivity contribution in [2.45, 2.75) is 0 Å². The molecule has 0 atom stereocenters. The minimum absolute atomic E-state index is 0.166. The zero-order chi connectivity index (χ0) is 10.7. The van der Waals surface area contributed by atoms with Crippen LogP contribution in [0.25, 0.3) is 0 Å². The molecule has 15 heavy (non-hydrogen) atoms. The minimum Gasteiger partial charge on any atom is -0.288 e. The molecule has 0 saturated carbocycles. The van der Waals surface area contributed by atoms with Crippen molar-refractivity contribution in [2.75, 3.05) is 0 Å². The number of hydrogen-bond acceptors (Lipinski definition) is 3. The summed E-state index contributed by atoms with van der Waals surface area (Å²) in [6.45, 7) is 0. The van der Waals surface area contributed by atoms with Crippen molar-refractivity contribution in [3.63, 3.8) is 0 Å². The number of hydrogen-bond donors (Lipinski definition) is 0. The van der Waals surface area contributed by atoms with Gasteiger partial charge < -0.3 is 0 Å². The average molecular weight is 219 g/mol. The van der Waals surface area contributed by atoms with Gasteiger partial charge in [0, 0.05) is 18.0 Å². The van der Waals surface area contributed by atoms with Crippen LogP contribution in [-0.4, -0.2) is 15.8 Å². The van der Waals surface area contributed by atoms with Crippen molar-refractivity contribution in [3.8, 4) is 0 Å². The fraction of sp³-hybridized carbons (Fsp3) is 0. The van der Waals surface area contributed by atoms with Crippen LogP contribution in [0.3, 0.4) is 0 Å². The summed E-state index contributed by atoms with van der Waals surface area (Å²) >= 11 is 5.91. The van der Waals surface area contributed by atoms with Gasteiger partial charge in [0.15, 0.2) is 5.78 Å². The van der Waals surface area contributed by atoms with E-state index in [1.807, 2.05) is 0 Å². The van der Waals surface area contributed by atoms with Crippen molar-refractivity contribution in [2.24, 2.45) is 0 Å². The van der Waals surface area contributed by atoms with Gasteiger partial charge in [0.1, 0.15) is 6.33 Å². The average Bonchev–Trinajstić information content (AvgIpc) is 2.30. The van der Waals surface area contributed by atoms with Crippen LogP contribution in [0.4, 0.5) is 0 Å². The standard InChI is InChI=1S/C11H7ClN2O/c12-10-4-2-1-3-9(10)11(15)8-5-13-7-14-6-8/h1-7H. The van der Waals surface area contributed by atoms with E-state index in [9.17, 15) is 4.79 Å². The first-order chi connectivity index (χ1) is 7.29. The molecule has 0 aliphatic rings. The summed E-state index contributed by atoms with van der Waals surface area (Å²) < 4.78 is 0. The summed E-state index contributed by atoms with van der Waals surface area (Å²) in [5, 5.41) is 0.436. The smallest absolute Gasteiger partial charge is 0.197 e. The highest BCUT2D eigenvalue weighted by Gasteiger charge is 2.11. The third kappa shape index (κ3) is 2.02. The maximum Gasteiger partial charge on any atom is 0.197 e. The molecule has 0 saturated heterocycles. The summed E-state index contributed by atoms with van der Waals surface area (Å²) in [4.78, 5) is 19.5. The van der Waals surface area contributed by atoms with Gasteiger partial charge >= 0.3 is 0 Å². The SMILES string of the molecule is O=C(c1cncnc1)c1ccccc1Cl. The van der Waals surface area contributed by atoms with E-state index in [0.29, 0.717) is 16.1 Å². The van der Waals surface area contributed by atoms with Gasteiger partial charge in [-0.3, -0.25) is 4.79 Å². The Morgan fingerprint density at radius 1 is 1.13 bits per heavy atom. The first kappa shape index (κ1) is 9.80. The van der Waals surface area contributed by atoms with Crippen molar-refractivity contribution in [1.29, 1.82) is 0 Å². The van der Waals surface area contributed by atoms with Gasteiger partial charge in [-0.25, -0.2) is 9.97 Å². The molecule has 0 aliphatic heterocycles. The predicted octanol–water partition coefficient (Wildman–Crippen LogP) is 2.36. The molecule has 2 rings (SSSR count). The first-order valence-corrected chi connectivity index (χ1v) is 4.71. The highest BCUT2D eigenvalue weighted by atomic mass is 35.5. The molecule has 0 N–H and O–H groups in total. The summed E-state index contributed by atoms with van der Waals surface area (Å²) in [6.07, 6.45) is 4.32. The Morgan fingerprint density at radius 3 is 2.47 bits per heavy atom. The molecular weight excluding hydrogens is 212 g/mol. The van der Waals surface area contributed by atoms with Gasteiger partial charge in [-0.1, -0.05) is 23.7 Å². The Morgan fingerprint density at radius 2 is 1.80 bits per heavy atom. The lowest BCUT2D eigenvalue weighted by atomic mass is 10.1. The predicted molar refractivity (Wildman–Crippen MR) is 56.9 cm³/mol. The van der Waals surface area contributed by atoms with Crippen LogP contribution < -0.4 is 0 Å². The van der Waals surface area contributed by atoms with Crippen LogP contribution in [0.2, 0.25) is 5.02 Å². The lowest BCUT2D eigenvalue weighted by molar-refractivity contribution is 0.103. The van der Waals surface area contributed by atoms with E-state index in [4.69, 9.17) is 11.6 Å². The van der Waals surface area contributed by atoms with Crippen LogP contribution in [0.15, 0.2) is 43.0 Å². The molecule has 0 spiro atoms. The second-order valence-electron chi connectivity index (χ2n) is 2.94. The third-order valence-electron chi connectivity index (χ3n) is 1.94. The Kier molecular flexibility index (Phi) is 2.74. The summed E-state index contributed by atoms with van der Waals surface area (Å²) in [5.41, 5.74) is 0.902. The highest BCUT2D eigenvalue weighted by Crippen LogP contribution is 2.18. The molecule has 74 valence electrons. The molecule has 1 aromatic carbocycles. The molecule has 0 fully saturated rings. The topological polar surface area (TPSA) is 42.9 Å². The van der Waals surface area contributed by atoms with Gasteiger partial charge in [0.05, 0.1) is 10.6 Å². The molecule has 2 aromatic rings. The number of carbonyl (C=O) groups is 1. The molecule has 1 aromatic heterocycles. The highest BCUT2D eigenvalue weighted by molar-refractivity contribution is 6.34.